The summed E-state index contributed by atoms with van der Waals surface area (Å²) in [7, 11) is 0. The van der Waals surface area contributed by atoms with Crippen molar-refractivity contribution in [1.82, 2.24) is 9.97 Å². The maximum absolute atomic E-state index is 4.79. The molecule has 3 aromatic carbocycles. The first-order valence-corrected chi connectivity index (χ1v) is 7.54. The molecule has 0 aliphatic rings. The summed E-state index contributed by atoms with van der Waals surface area (Å²) in [6, 6.07) is 28.3. The van der Waals surface area contributed by atoms with Gasteiger partial charge < -0.3 is 4.98 Å². The van der Waals surface area contributed by atoms with Gasteiger partial charge in [0.25, 0.3) is 0 Å². The van der Waals surface area contributed by atoms with Crippen LogP contribution in [-0.2, 0) is 0 Å². The molecule has 0 atom stereocenters. The monoisotopic (exact) mass is 297 g/mol. The molecular weight excluding hydrogens is 282 g/mol. The summed E-state index contributed by atoms with van der Waals surface area (Å²) < 4.78 is 0. The minimum Gasteiger partial charge on any atom is -0.322 e. The third kappa shape index (κ3) is 2.77. The predicted molar refractivity (Wildman–Crippen MR) is 94.3 cm³/mol. The molecule has 0 bridgehead atoms. The molecule has 0 aliphatic heterocycles. The summed E-state index contributed by atoms with van der Waals surface area (Å²) in [6.07, 6.45) is 0. The van der Waals surface area contributed by atoms with Crippen LogP contribution < -0.4 is 0 Å². The number of para-hydroxylation sites is 2. The van der Waals surface area contributed by atoms with Crippen molar-refractivity contribution in [2.45, 2.75) is 0 Å². The Kier molecular flexibility index (Phi) is 3.45. The van der Waals surface area contributed by atoms with Crippen molar-refractivity contribution < 1.29 is 0 Å². The molecule has 1 aromatic heterocycles. The normalized spacial score (nSPS) is 10.6. The van der Waals surface area contributed by atoms with Crippen LogP contribution in [0.5, 0.6) is 0 Å². The zero-order chi connectivity index (χ0) is 15.5. The van der Waals surface area contributed by atoms with E-state index in [0.717, 1.165) is 27.9 Å². The number of aliphatic imine (C=N–C) groups is 1. The van der Waals surface area contributed by atoms with Crippen LogP contribution in [0, 0.1) is 0 Å². The maximum atomic E-state index is 4.79. The topological polar surface area (TPSA) is 41.0 Å². The molecule has 4 rings (SSSR count). The highest BCUT2D eigenvalue weighted by Gasteiger charge is 2.08. The number of nitrogens with one attached hydrogen (secondary N) is 1. The number of aromatic amines is 1. The van der Waals surface area contributed by atoms with Crippen molar-refractivity contribution in [3.8, 4) is 0 Å². The molecule has 3 nitrogen and oxygen atoms in total. The van der Waals surface area contributed by atoms with Gasteiger partial charge >= 0.3 is 0 Å². The second-order valence-corrected chi connectivity index (χ2v) is 5.27. The summed E-state index contributed by atoms with van der Waals surface area (Å²) in [5.41, 5.74) is 4.96. The number of H-pyrrole nitrogens is 1. The van der Waals surface area contributed by atoms with Crippen LogP contribution in [0.2, 0.25) is 0 Å². The molecule has 0 fully saturated rings. The smallest absolute Gasteiger partial charge is 0.228 e. The van der Waals surface area contributed by atoms with Crippen LogP contribution in [0.4, 0.5) is 5.95 Å². The number of benzene rings is 3. The lowest BCUT2D eigenvalue weighted by Crippen LogP contribution is -2.02. The van der Waals surface area contributed by atoms with E-state index in [-0.39, 0.29) is 0 Å². The van der Waals surface area contributed by atoms with E-state index in [1.54, 1.807) is 0 Å². The fraction of sp³-hybridized carbons (Fsp3) is 0. The van der Waals surface area contributed by atoms with E-state index < -0.39 is 0 Å². The van der Waals surface area contributed by atoms with E-state index in [0.29, 0.717) is 5.95 Å². The van der Waals surface area contributed by atoms with Crippen LogP contribution >= 0.6 is 0 Å². The fourth-order valence-electron chi connectivity index (χ4n) is 2.59. The summed E-state index contributed by atoms with van der Waals surface area (Å²) in [4.78, 5) is 12.6. The van der Waals surface area contributed by atoms with Gasteiger partial charge in [0.15, 0.2) is 0 Å². The molecule has 1 heterocycles. The van der Waals surface area contributed by atoms with Crippen molar-refractivity contribution >= 4 is 22.7 Å². The Bertz CT molecular complexity index is 879. The molecule has 0 saturated carbocycles. The largest absolute Gasteiger partial charge is 0.322 e. The predicted octanol–water partition coefficient (Wildman–Crippen LogP) is 4.73. The van der Waals surface area contributed by atoms with Gasteiger partial charge in [-0.1, -0.05) is 72.8 Å². The molecule has 0 radical (unpaired) electrons. The highest BCUT2D eigenvalue weighted by Crippen LogP contribution is 2.19. The lowest BCUT2D eigenvalue weighted by Gasteiger charge is -2.06. The molecule has 4 aromatic rings. The summed E-state index contributed by atoms with van der Waals surface area (Å²) in [5, 5.41) is 0. The van der Waals surface area contributed by atoms with Crippen molar-refractivity contribution in [1.29, 1.82) is 0 Å². The number of aromatic nitrogens is 2. The highest BCUT2D eigenvalue weighted by atomic mass is 15.1. The van der Waals surface area contributed by atoms with E-state index in [9.17, 15) is 0 Å². The van der Waals surface area contributed by atoms with Crippen LogP contribution in [0.25, 0.3) is 11.0 Å². The van der Waals surface area contributed by atoms with Gasteiger partial charge in [0.2, 0.25) is 5.95 Å². The van der Waals surface area contributed by atoms with Crippen molar-refractivity contribution in [2.24, 2.45) is 4.99 Å². The third-order valence-electron chi connectivity index (χ3n) is 3.69. The minimum absolute atomic E-state index is 0.619. The zero-order valence-electron chi connectivity index (χ0n) is 12.5. The van der Waals surface area contributed by atoms with Crippen LogP contribution in [0.1, 0.15) is 11.1 Å². The minimum atomic E-state index is 0.619. The van der Waals surface area contributed by atoms with Gasteiger partial charge in [-0.3, -0.25) is 0 Å². The standard InChI is InChI=1S/C20H15N3/c1-3-9-15(10-4-1)19(16-11-5-2-6-12-16)23-20-21-17-13-7-8-14-18(17)22-20/h1-14H,(H,21,22). The molecule has 1 N–H and O–H groups in total. The highest BCUT2D eigenvalue weighted by molar-refractivity contribution is 6.13. The Morgan fingerprint density at radius 3 is 1.87 bits per heavy atom. The molecular formula is C20H15N3. The molecule has 110 valence electrons. The Balaban J connectivity index is 1.87. The number of imidazole rings is 1. The Hall–Kier alpha value is -3.20. The Morgan fingerprint density at radius 1 is 0.696 bits per heavy atom. The Labute approximate surface area is 134 Å². The second kappa shape index (κ2) is 5.89. The van der Waals surface area contributed by atoms with Gasteiger partial charge in [0.05, 0.1) is 16.7 Å². The quantitative estimate of drug-likeness (QED) is 0.546. The van der Waals surface area contributed by atoms with Crippen LogP contribution in [0.15, 0.2) is 89.9 Å². The molecule has 0 saturated heterocycles. The van der Waals surface area contributed by atoms with E-state index in [4.69, 9.17) is 4.99 Å². The van der Waals surface area contributed by atoms with E-state index in [2.05, 4.69) is 34.2 Å². The van der Waals surface area contributed by atoms with Gasteiger partial charge in [-0.15, -0.1) is 0 Å². The zero-order valence-corrected chi connectivity index (χ0v) is 12.5. The molecule has 23 heavy (non-hydrogen) atoms. The van der Waals surface area contributed by atoms with E-state index in [1.165, 1.54) is 0 Å². The number of rotatable bonds is 3. The summed E-state index contributed by atoms with van der Waals surface area (Å²) in [6.45, 7) is 0. The van der Waals surface area contributed by atoms with Gasteiger partial charge in [-0.05, 0) is 12.1 Å². The van der Waals surface area contributed by atoms with E-state index >= 15 is 0 Å². The molecule has 0 aliphatic carbocycles. The lowest BCUT2D eigenvalue weighted by molar-refractivity contribution is 1.26. The average Bonchev–Trinajstić information content (AvgIpc) is 3.04. The fourth-order valence-corrected chi connectivity index (χ4v) is 2.59. The van der Waals surface area contributed by atoms with Gasteiger partial charge in [-0.2, -0.15) is 0 Å². The first kappa shape index (κ1) is 13.5. The average molecular weight is 297 g/mol. The second-order valence-electron chi connectivity index (χ2n) is 5.27. The molecule has 3 heteroatoms. The number of fused-ring (bicyclic) bond motifs is 1. The third-order valence-corrected chi connectivity index (χ3v) is 3.69. The van der Waals surface area contributed by atoms with Crippen molar-refractivity contribution in [2.75, 3.05) is 0 Å². The van der Waals surface area contributed by atoms with Crippen molar-refractivity contribution in [3.05, 3.63) is 96.1 Å². The molecule has 0 unspecified atom stereocenters. The number of nitrogens with zero attached hydrogens (tertiary/aromatic N) is 2. The van der Waals surface area contributed by atoms with Crippen LogP contribution in [0.3, 0.4) is 0 Å². The first-order chi connectivity index (χ1) is 11.4. The van der Waals surface area contributed by atoms with Gasteiger partial charge in [-0.25, -0.2) is 9.98 Å². The van der Waals surface area contributed by atoms with Crippen LogP contribution in [-0.4, -0.2) is 15.7 Å². The maximum Gasteiger partial charge on any atom is 0.228 e. The first-order valence-electron chi connectivity index (χ1n) is 7.54. The Morgan fingerprint density at radius 2 is 1.26 bits per heavy atom. The number of hydrogen-bond acceptors (Lipinski definition) is 2. The SMILES string of the molecule is c1ccc(C(=Nc2nc3ccccc3[nH]2)c2ccccc2)cc1. The van der Waals surface area contributed by atoms with Gasteiger partial charge in [0, 0.05) is 11.1 Å². The molecule has 0 spiro atoms. The molecule has 0 amide bonds. The number of hydrogen-bond donors (Lipinski definition) is 1. The summed E-state index contributed by atoms with van der Waals surface area (Å²) in [5.74, 6) is 0.619. The lowest BCUT2D eigenvalue weighted by atomic mass is 10.0. The van der Waals surface area contributed by atoms with Gasteiger partial charge in [0.1, 0.15) is 0 Å². The van der Waals surface area contributed by atoms with Crippen molar-refractivity contribution in [3.63, 3.8) is 0 Å². The van der Waals surface area contributed by atoms with E-state index in [1.807, 2.05) is 60.7 Å². The summed E-state index contributed by atoms with van der Waals surface area (Å²) >= 11 is 0.